The predicted octanol–water partition coefficient (Wildman–Crippen LogP) is 0.304. The number of aliphatic carboxylic acids is 2. The summed E-state index contributed by atoms with van der Waals surface area (Å²) in [6, 6.07) is 0.168. The molecular formula is C9H15NO4. The van der Waals surface area contributed by atoms with Gasteiger partial charge in [0.2, 0.25) is 0 Å². The van der Waals surface area contributed by atoms with Crippen LogP contribution in [-0.2, 0) is 9.59 Å². The van der Waals surface area contributed by atoms with E-state index < -0.39 is 11.9 Å². The van der Waals surface area contributed by atoms with Crippen LogP contribution in [0.1, 0.15) is 25.7 Å². The smallest absolute Gasteiger partial charge is 0.317 e. The first-order valence-electron chi connectivity index (χ1n) is 4.77. The quantitative estimate of drug-likeness (QED) is 0.609. The SMILES string of the molecule is O=C(O)CNC1CCC(C(=O)O)CC1. The molecule has 0 spiro atoms. The largest absolute Gasteiger partial charge is 0.481 e. The van der Waals surface area contributed by atoms with Crippen molar-refractivity contribution in [2.75, 3.05) is 6.54 Å². The monoisotopic (exact) mass is 201 g/mol. The van der Waals surface area contributed by atoms with Gasteiger partial charge in [0.15, 0.2) is 0 Å². The van der Waals surface area contributed by atoms with Crippen LogP contribution >= 0.6 is 0 Å². The number of carboxylic acid groups (broad SMARTS) is 2. The van der Waals surface area contributed by atoms with Crippen molar-refractivity contribution in [1.82, 2.24) is 5.32 Å². The second-order valence-corrected chi connectivity index (χ2v) is 3.66. The maximum atomic E-state index is 10.6. The van der Waals surface area contributed by atoms with Crippen LogP contribution < -0.4 is 5.32 Å². The number of nitrogens with one attached hydrogen (secondary N) is 1. The summed E-state index contributed by atoms with van der Waals surface area (Å²) in [7, 11) is 0. The van der Waals surface area contributed by atoms with Crippen LogP contribution in [0.2, 0.25) is 0 Å². The van der Waals surface area contributed by atoms with Crippen molar-refractivity contribution in [3.05, 3.63) is 0 Å². The molecule has 0 aliphatic heterocycles. The van der Waals surface area contributed by atoms with Crippen molar-refractivity contribution in [2.45, 2.75) is 31.7 Å². The molecule has 1 saturated carbocycles. The molecule has 0 unspecified atom stereocenters. The normalized spacial score (nSPS) is 27.1. The van der Waals surface area contributed by atoms with Gasteiger partial charge in [-0.3, -0.25) is 9.59 Å². The zero-order chi connectivity index (χ0) is 10.6. The number of hydrogen-bond donors (Lipinski definition) is 3. The van der Waals surface area contributed by atoms with Gasteiger partial charge in [-0.25, -0.2) is 0 Å². The molecule has 80 valence electrons. The van der Waals surface area contributed by atoms with Gasteiger partial charge in [-0.1, -0.05) is 0 Å². The molecule has 0 bridgehead atoms. The van der Waals surface area contributed by atoms with E-state index >= 15 is 0 Å². The van der Waals surface area contributed by atoms with Crippen LogP contribution in [0.4, 0.5) is 0 Å². The number of rotatable bonds is 4. The average molecular weight is 201 g/mol. The molecule has 0 aromatic rings. The third-order valence-corrected chi connectivity index (χ3v) is 2.62. The fourth-order valence-electron chi connectivity index (χ4n) is 1.78. The molecule has 3 N–H and O–H groups in total. The Kier molecular flexibility index (Phi) is 3.88. The van der Waals surface area contributed by atoms with Gasteiger partial charge in [-0.2, -0.15) is 0 Å². The summed E-state index contributed by atoms with van der Waals surface area (Å²) in [6.07, 6.45) is 2.80. The van der Waals surface area contributed by atoms with Gasteiger partial charge in [0.25, 0.3) is 0 Å². The Morgan fingerprint density at radius 3 is 2.14 bits per heavy atom. The highest BCUT2D eigenvalue weighted by Gasteiger charge is 2.25. The third kappa shape index (κ3) is 3.33. The Hall–Kier alpha value is -1.10. The first-order chi connectivity index (χ1) is 6.59. The van der Waals surface area contributed by atoms with Crippen molar-refractivity contribution in [2.24, 2.45) is 5.92 Å². The highest BCUT2D eigenvalue weighted by atomic mass is 16.4. The second-order valence-electron chi connectivity index (χ2n) is 3.66. The van der Waals surface area contributed by atoms with Crippen molar-refractivity contribution in [3.63, 3.8) is 0 Å². The minimum atomic E-state index is -0.870. The van der Waals surface area contributed by atoms with Gasteiger partial charge in [-0.15, -0.1) is 0 Å². The van der Waals surface area contributed by atoms with E-state index in [4.69, 9.17) is 10.2 Å². The lowest BCUT2D eigenvalue weighted by atomic mass is 9.86. The molecule has 0 atom stereocenters. The van der Waals surface area contributed by atoms with Crippen LogP contribution in [0.15, 0.2) is 0 Å². The molecule has 14 heavy (non-hydrogen) atoms. The summed E-state index contributed by atoms with van der Waals surface area (Å²) in [5, 5.41) is 20.0. The number of carbonyl (C=O) groups is 2. The Bertz CT molecular complexity index is 221. The molecule has 0 radical (unpaired) electrons. The van der Waals surface area contributed by atoms with E-state index in [0.717, 1.165) is 12.8 Å². The summed E-state index contributed by atoms with van der Waals surface area (Å²) in [4.78, 5) is 20.9. The van der Waals surface area contributed by atoms with Crippen LogP contribution in [0.25, 0.3) is 0 Å². The van der Waals surface area contributed by atoms with E-state index in [1.807, 2.05) is 0 Å². The number of hydrogen-bond acceptors (Lipinski definition) is 3. The minimum absolute atomic E-state index is 0.0393. The van der Waals surface area contributed by atoms with Crippen molar-refractivity contribution < 1.29 is 19.8 Å². The van der Waals surface area contributed by atoms with Crippen LogP contribution in [0, 0.1) is 5.92 Å². The first kappa shape index (κ1) is 11.0. The van der Waals surface area contributed by atoms with Crippen LogP contribution in [0.5, 0.6) is 0 Å². The maximum absolute atomic E-state index is 10.6. The molecule has 1 aliphatic rings. The summed E-state index contributed by atoms with van der Waals surface area (Å²) in [5.41, 5.74) is 0. The molecule has 0 amide bonds. The van der Waals surface area contributed by atoms with E-state index in [-0.39, 0.29) is 18.5 Å². The van der Waals surface area contributed by atoms with E-state index in [0.29, 0.717) is 12.8 Å². The van der Waals surface area contributed by atoms with Gasteiger partial charge in [0.1, 0.15) is 0 Å². The Morgan fingerprint density at radius 2 is 1.71 bits per heavy atom. The van der Waals surface area contributed by atoms with Gasteiger partial charge < -0.3 is 15.5 Å². The molecule has 1 aliphatic carbocycles. The Labute approximate surface area is 82.1 Å². The third-order valence-electron chi connectivity index (χ3n) is 2.62. The molecule has 0 aromatic heterocycles. The lowest BCUT2D eigenvalue weighted by Crippen LogP contribution is -2.37. The van der Waals surface area contributed by atoms with Crippen molar-refractivity contribution in [3.8, 4) is 0 Å². The van der Waals surface area contributed by atoms with E-state index in [1.54, 1.807) is 0 Å². The van der Waals surface area contributed by atoms with Gasteiger partial charge >= 0.3 is 11.9 Å². The predicted molar refractivity (Wildman–Crippen MR) is 49.0 cm³/mol. The Balaban J connectivity index is 2.22. The second kappa shape index (κ2) is 4.95. The fourth-order valence-corrected chi connectivity index (χ4v) is 1.78. The van der Waals surface area contributed by atoms with E-state index in [1.165, 1.54) is 0 Å². The summed E-state index contributed by atoms with van der Waals surface area (Å²) in [5.74, 6) is -1.84. The zero-order valence-electron chi connectivity index (χ0n) is 7.90. The first-order valence-corrected chi connectivity index (χ1v) is 4.77. The topological polar surface area (TPSA) is 86.6 Å². The fraction of sp³-hybridized carbons (Fsp3) is 0.778. The Morgan fingerprint density at radius 1 is 1.14 bits per heavy atom. The molecular weight excluding hydrogens is 186 g/mol. The van der Waals surface area contributed by atoms with Gasteiger partial charge in [0, 0.05) is 6.04 Å². The number of carboxylic acids is 2. The summed E-state index contributed by atoms with van der Waals surface area (Å²) < 4.78 is 0. The molecule has 0 aromatic carbocycles. The molecule has 5 nitrogen and oxygen atoms in total. The van der Waals surface area contributed by atoms with Gasteiger partial charge in [0.05, 0.1) is 12.5 Å². The van der Waals surface area contributed by atoms with E-state index in [9.17, 15) is 9.59 Å². The molecule has 0 heterocycles. The van der Waals surface area contributed by atoms with Crippen molar-refractivity contribution in [1.29, 1.82) is 0 Å². The highest BCUT2D eigenvalue weighted by Crippen LogP contribution is 2.24. The molecule has 1 fully saturated rings. The molecule has 1 rings (SSSR count). The van der Waals surface area contributed by atoms with Crippen LogP contribution in [0.3, 0.4) is 0 Å². The zero-order valence-corrected chi connectivity index (χ0v) is 7.90. The maximum Gasteiger partial charge on any atom is 0.317 e. The lowest BCUT2D eigenvalue weighted by Gasteiger charge is -2.26. The average Bonchev–Trinajstić information content (AvgIpc) is 2.15. The van der Waals surface area contributed by atoms with Crippen LogP contribution in [-0.4, -0.2) is 34.7 Å². The van der Waals surface area contributed by atoms with E-state index in [2.05, 4.69) is 5.32 Å². The lowest BCUT2D eigenvalue weighted by molar-refractivity contribution is -0.143. The summed E-state index contributed by atoms with van der Waals surface area (Å²) >= 11 is 0. The van der Waals surface area contributed by atoms with Gasteiger partial charge in [-0.05, 0) is 25.7 Å². The summed E-state index contributed by atoms with van der Waals surface area (Å²) in [6.45, 7) is -0.0393. The standard InChI is InChI=1S/C9H15NO4/c11-8(12)5-10-7-3-1-6(2-4-7)9(13)14/h6-7,10H,1-5H2,(H,11,12)(H,13,14). The highest BCUT2D eigenvalue weighted by molar-refractivity contribution is 5.70. The molecule has 5 heteroatoms. The minimum Gasteiger partial charge on any atom is -0.481 e. The molecule has 0 saturated heterocycles. The van der Waals surface area contributed by atoms with Crippen molar-refractivity contribution >= 4 is 11.9 Å².